The number of ether oxygens (including phenoxy) is 2. The van der Waals surface area contributed by atoms with E-state index in [1.165, 1.54) is 7.11 Å². The molecule has 2 aromatic rings. The highest BCUT2D eigenvalue weighted by Crippen LogP contribution is 2.31. The summed E-state index contributed by atoms with van der Waals surface area (Å²) in [5.74, 6) is 0.424. The molecule has 1 saturated carbocycles. The van der Waals surface area contributed by atoms with Crippen molar-refractivity contribution < 1.29 is 23.9 Å². The Hall–Kier alpha value is -3.88. The molecule has 0 radical (unpaired) electrons. The van der Waals surface area contributed by atoms with E-state index in [1.54, 1.807) is 18.2 Å². The summed E-state index contributed by atoms with van der Waals surface area (Å²) in [4.78, 5) is 41.2. The quantitative estimate of drug-likeness (QED) is 0.358. The van der Waals surface area contributed by atoms with Crippen molar-refractivity contribution in [3.8, 4) is 11.5 Å². The van der Waals surface area contributed by atoms with Crippen molar-refractivity contribution in [2.45, 2.75) is 51.9 Å². The number of anilines is 2. The Bertz CT molecular complexity index is 1050. The molecule has 0 aliphatic heterocycles. The molecule has 3 amide bonds. The maximum absolute atomic E-state index is 12.8. The summed E-state index contributed by atoms with van der Waals surface area (Å²) in [5, 5.41) is 8.29. The van der Waals surface area contributed by atoms with Crippen molar-refractivity contribution in [1.29, 1.82) is 0 Å². The van der Waals surface area contributed by atoms with E-state index < -0.39 is 6.09 Å². The summed E-state index contributed by atoms with van der Waals surface area (Å²) < 4.78 is 10.6. The van der Waals surface area contributed by atoms with E-state index in [2.05, 4.69) is 25.7 Å². The molecule has 0 atom stereocenters. The predicted octanol–water partition coefficient (Wildman–Crippen LogP) is 5.45. The molecule has 9 heteroatoms. The van der Waals surface area contributed by atoms with Gasteiger partial charge in [-0.05, 0) is 43.5 Å². The number of aliphatic imine (C=N–C) groups is 1. The van der Waals surface area contributed by atoms with Gasteiger partial charge in [0.15, 0.2) is 0 Å². The summed E-state index contributed by atoms with van der Waals surface area (Å²) >= 11 is 0. The van der Waals surface area contributed by atoms with Gasteiger partial charge in [0.05, 0.1) is 18.5 Å². The molecule has 0 aromatic heterocycles. The number of hydrogen-bond acceptors (Lipinski definition) is 5. The van der Waals surface area contributed by atoms with E-state index in [0.717, 1.165) is 32.1 Å². The van der Waals surface area contributed by atoms with Crippen LogP contribution in [0.2, 0.25) is 0 Å². The van der Waals surface area contributed by atoms with Gasteiger partial charge in [0.1, 0.15) is 11.5 Å². The summed E-state index contributed by atoms with van der Waals surface area (Å²) in [6.07, 6.45) is 4.87. The van der Waals surface area contributed by atoms with Crippen LogP contribution in [0, 0.1) is 5.92 Å². The van der Waals surface area contributed by atoms with Crippen molar-refractivity contribution in [2.24, 2.45) is 10.9 Å². The molecule has 0 saturated heterocycles. The van der Waals surface area contributed by atoms with Gasteiger partial charge in [-0.3, -0.25) is 14.9 Å². The Balaban J connectivity index is 1.88. The fourth-order valence-corrected chi connectivity index (χ4v) is 3.78. The largest absolute Gasteiger partial charge is 0.457 e. The van der Waals surface area contributed by atoms with Gasteiger partial charge in [-0.15, -0.1) is 0 Å². The molecule has 186 valence electrons. The topological polar surface area (TPSA) is 118 Å². The zero-order valence-corrected chi connectivity index (χ0v) is 20.1. The Morgan fingerprint density at radius 2 is 1.69 bits per heavy atom. The first-order valence-electron chi connectivity index (χ1n) is 11.9. The molecule has 0 heterocycles. The van der Waals surface area contributed by atoms with Crippen LogP contribution in [0.4, 0.5) is 16.2 Å². The molecule has 3 rings (SSSR count). The summed E-state index contributed by atoms with van der Waals surface area (Å²) in [6, 6.07) is 14.3. The molecule has 3 N–H and O–H groups in total. The van der Waals surface area contributed by atoms with E-state index >= 15 is 0 Å². The van der Waals surface area contributed by atoms with Gasteiger partial charge in [-0.2, -0.15) is 4.99 Å². The zero-order chi connectivity index (χ0) is 25.0. The fraction of sp³-hybridized carbons (Fsp3) is 0.385. The molecule has 0 unspecified atom stereocenters. The highest BCUT2D eigenvalue weighted by atomic mass is 16.5. The van der Waals surface area contributed by atoms with Crippen molar-refractivity contribution >= 4 is 35.2 Å². The second kappa shape index (κ2) is 13.1. The molecule has 1 aliphatic rings. The standard InChI is InChI=1S/C26H32N4O5/c1-3-10-23(31)27-22-17-20(35-19-13-8-5-9-14-19)15-16-21(22)28-25(30-26(33)34-2)29-24(32)18-11-6-4-7-12-18/h5,8-9,13-18H,3-4,6-7,10-12H2,1-2H3,(H,27,31)(H2,28,29,30,32,33). The number of nitrogens with zero attached hydrogens (tertiary/aromatic N) is 1. The number of para-hydroxylation sites is 1. The van der Waals surface area contributed by atoms with Crippen LogP contribution < -0.4 is 20.7 Å². The Morgan fingerprint density at radius 3 is 2.37 bits per heavy atom. The van der Waals surface area contributed by atoms with Crippen molar-refractivity contribution in [2.75, 3.05) is 17.7 Å². The van der Waals surface area contributed by atoms with Gasteiger partial charge in [-0.25, -0.2) is 4.79 Å². The van der Waals surface area contributed by atoms with Crippen LogP contribution in [0.15, 0.2) is 53.5 Å². The third-order valence-corrected chi connectivity index (χ3v) is 5.56. The number of nitrogens with one attached hydrogen (secondary N) is 3. The Labute approximate surface area is 205 Å². The van der Waals surface area contributed by atoms with E-state index in [-0.39, 0.29) is 23.7 Å². The average Bonchev–Trinajstić information content (AvgIpc) is 2.86. The summed E-state index contributed by atoms with van der Waals surface area (Å²) in [5.41, 5.74) is 0.850. The minimum Gasteiger partial charge on any atom is -0.457 e. The molecule has 2 aromatic carbocycles. The van der Waals surface area contributed by atoms with E-state index in [0.29, 0.717) is 35.7 Å². The van der Waals surface area contributed by atoms with E-state index in [4.69, 9.17) is 4.74 Å². The second-order valence-electron chi connectivity index (χ2n) is 8.30. The van der Waals surface area contributed by atoms with Gasteiger partial charge in [0.2, 0.25) is 11.9 Å². The monoisotopic (exact) mass is 480 g/mol. The number of rotatable bonds is 7. The van der Waals surface area contributed by atoms with Gasteiger partial charge < -0.3 is 20.1 Å². The summed E-state index contributed by atoms with van der Waals surface area (Å²) in [6.45, 7) is 1.91. The number of carbonyl (C=O) groups excluding carboxylic acids is 3. The molecule has 1 fully saturated rings. The van der Waals surface area contributed by atoms with E-state index in [9.17, 15) is 14.4 Å². The van der Waals surface area contributed by atoms with Crippen molar-refractivity contribution in [3.63, 3.8) is 0 Å². The Morgan fingerprint density at radius 1 is 0.943 bits per heavy atom. The molecule has 0 bridgehead atoms. The van der Waals surface area contributed by atoms with Crippen LogP contribution >= 0.6 is 0 Å². The van der Waals surface area contributed by atoms with Gasteiger partial charge in [0.25, 0.3) is 5.91 Å². The minimum atomic E-state index is -0.770. The number of guanidine groups is 1. The van der Waals surface area contributed by atoms with Crippen molar-refractivity contribution in [1.82, 2.24) is 5.32 Å². The molecular formula is C26H32N4O5. The fourth-order valence-electron chi connectivity index (χ4n) is 3.78. The first-order chi connectivity index (χ1) is 17.0. The van der Waals surface area contributed by atoms with Crippen LogP contribution in [-0.4, -0.2) is 31.0 Å². The number of methoxy groups -OCH3 is 1. The van der Waals surface area contributed by atoms with Gasteiger partial charge >= 0.3 is 6.09 Å². The normalized spacial score (nSPS) is 14.1. The average molecular weight is 481 g/mol. The predicted molar refractivity (Wildman–Crippen MR) is 135 cm³/mol. The van der Waals surface area contributed by atoms with Crippen LogP contribution in [0.25, 0.3) is 0 Å². The maximum atomic E-state index is 12.8. The lowest BCUT2D eigenvalue weighted by Crippen LogP contribution is -2.37. The molecule has 35 heavy (non-hydrogen) atoms. The smallest absolute Gasteiger partial charge is 0.413 e. The van der Waals surface area contributed by atoms with Crippen molar-refractivity contribution in [3.05, 3.63) is 48.5 Å². The molecular weight excluding hydrogens is 448 g/mol. The molecule has 1 aliphatic carbocycles. The van der Waals surface area contributed by atoms with Crippen LogP contribution in [-0.2, 0) is 14.3 Å². The number of hydrogen-bond donors (Lipinski definition) is 3. The van der Waals surface area contributed by atoms with Crippen LogP contribution in [0.1, 0.15) is 51.9 Å². The van der Waals surface area contributed by atoms with Crippen LogP contribution in [0.5, 0.6) is 11.5 Å². The first kappa shape index (κ1) is 25.7. The SMILES string of the molecule is CCCC(=O)Nc1cc(Oc2ccccc2)ccc1NC(=NC(=O)C1CCCCC1)NC(=O)OC. The van der Waals surface area contributed by atoms with Gasteiger partial charge in [0, 0.05) is 18.4 Å². The third-order valence-electron chi connectivity index (χ3n) is 5.56. The highest BCUT2D eigenvalue weighted by molar-refractivity contribution is 6.09. The maximum Gasteiger partial charge on any atom is 0.413 e. The highest BCUT2D eigenvalue weighted by Gasteiger charge is 2.22. The summed E-state index contributed by atoms with van der Waals surface area (Å²) in [7, 11) is 1.22. The Kier molecular flexibility index (Phi) is 9.65. The van der Waals surface area contributed by atoms with E-state index in [1.807, 2.05) is 37.3 Å². The lowest BCUT2D eigenvalue weighted by molar-refractivity contribution is -0.122. The number of alkyl carbamates (subject to hydrolysis) is 1. The zero-order valence-electron chi connectivity index (χ0n) is 20.1. The lowest BCUT2D eigenvalue weighted by atomic mass is 9.89. The van der Waals surface area contributed by atoms with Gasteiger partial charge in [-0.1, -0.05) is 44.4 Å². The number of amides is 3. The van der Waals surface area contributed by atoms with Crippen LogP contribution in [0.3, 0.4) is 0 Å². The number of benzene rings is 2. The second-order valence-corrected chi connectivity index (χ2v) is 8.30. The third kappa shape index (κ3) is 8.13. The molecule has 0 spiro atoms. The first-order valence-corrected chi connectivity index (χ1v) is 11.9. The lowest BCUT2D eigenvalue weighted by Gasteiger charge is -2.19. The minimum absolute atomic E-state index is 0.0739. The number of carbonyl (C=O) groups is 3. The molecule has 9 nitrogen and oxygen atoms in total.